The van der Waals surface area contributed by atoms with E-state index < -0.39 is 34.5 Å². The van der Waals surface area contributed by atoms with Gasteiger partial charge in [-0.1, -0.05) is 50.0 Å². The Labute approximate surface area is 228 Å². The second-order valence-electron chi connectivity index (χ2n) is 9.11. The van der Waals surface area contributed by atoms with Crippen molar-refractivity contribution in [2.75, 3.05) is 31.5 Å². The fourth-order valence-electron chi connectivity index (χ4n) is 3.50. The molecule has 1 N–H and O–H groups in total. The largest absolute Gasteiger partial charge is 0.354 e. The summed E-state index contributed by atoms with van der Waals surface area (Å²) < 4.78 is 41.7. The number of hydrogen-bond acceptors (Lipinski definition) is 4. The lowest BCUT2D eigenvalue weighted by molar-refractivity contribution is -0.140. The van der Waals surface area contributed by atoms with Crippen LogP contribution < -0.4 is 9.62 Å². The Morgan fingerprint density at radius 2 is 1.65 bits per heavy atom. The van der Waals surface area contributed by atoms with Gasteiger partial charge in [0.15, 0.2) is 0 Å². The first-order valence-electron chi connectivity index (χ1n) is 11.7. The van der Waals surface area contributed by atoms with E-state index in [-0.39, 0.29) is 35.5 Å². The lowest BCUT2D eigenvalue weighted by Crippen LogP contribution is -2.53. The van der Waals surface area contributed by atoms with Crippen LogP contribution in [0.5, 0.6) is 0 Å². The summed E-state index contributed by atoms with van der Waals surface area (Å²) >= 11 is 12.2. The smallest absolute Gasteiger partial charge is 0.304 e. The third-order valence-corrected chi connectivity index (χ3v) is 8.10. The molecule has 0 unspecified atom stereocenters. The van der Waals surface area contributed by atoms with Gasteiger partial charge >= 0.3 is 10.2 Å². The molecule has 2 aromatic rings. The molecule has 2 aromatic carbocycles. The number of benzene rings is 2. The predicted molar refractivity (Wildman–Crippen MR) is 145 cm³/mol. The van der Waals surface area contributed by atoms with E-state index in [4.69, 9.17) is 23.2 Å². The first kappa shape index (κ1) is 30.8. The number of halogens is 3. The number of carbonyl (C=O) groups excluding carboxylic acids is 2. The summed E-state index contributed by atoms with van der Waals surface area (Å²) in [6, 6.07) is 8.76. The number of hydrogen-bond donors (Lipinski definition) is 1. The van der Waals surface area contributed by atoms with Gasteiger partial charge in [-0.2, -0.15) is 12.7 Å². The van der Waals surface area contributed by atoms with Crippen LogP contribution in [0.25, 0.3) is 0 Å². The van der Waals surface area contributed by atoms with E-state index >= 15 is 0 Å². The Kier molecular flexibility index (Phi) is 11.2. The van der Waals surface area contributed by atoms with Crippen molar-refractivity contribution in [3.05, 3.63) is 63.9 Å². The molecule has 204 valence electrons. The normalized spacial score (nSPS) is 12.5. The minimum Gasteiger partial charge on any atom is -0.354 e. The highest BCUT2D eigenvalue weighted by molar-refractivity contribution is 7.90. The molecule has 0 heterocycles. The number of anilines is 1. The van der Waals surface area contributed by atoms with Crippen molar-refractivity contribution in [2.24, 2.45) is 5.92 Å². The van der Waals surface area contributed by atoms with E-state index in [0.717, 1.165) is 20.7 Å². The highest BCUT2D eigenvalue weighted by Crippen LogP contribution is 2.25. The summed E-state index contributed by atoms with van der Waals surface area (Å²) in [7, 11) is -1.47. The Morgan fingerprint density at radius 3 is 2.16 bits per heavy atom. The molecule has 0 aliphatic heterocycles. The molecule has 0 bridgehead atoms. The van der Waals surface area contributed by atoms with Crippen LogP contribution in [0.4, 0.5) is 10.1 Å². The lowest BCUT2D eigenvalue weighted by atomic mass is 10.1. The first-order chi connectivity index (χ1) is 17.3. The maximum absolute atomic E-state index is 13.8. The van der Waals surface area contributed by atoms with Gasteiger partial charge in [-0.3, -0.25) is 9.59 Å². The summed E-state index contributed by atoms with van der Waals surface area (Å²) in [5.41, 5.74) is 0.719. The number of nitrogens with one attached hydrogen (secondary N) is 1. The fourth-order valence-corrected chi connectivity index (χ4v) is 4.88. The van der Waals surface area contributed by atoms with Crippen molar-refractivity contribution in [2.45, 2.75) is 39.8 Å². The van der Waals surface area contributed by atoms with E-state index in [0.29, 0.717) is 17.1 Å². The molecule has 0 saturated heterocycles. The van der Waals surface area contributed by atoms with Crippen molar-refractivity contribution < 1.29 is 22.4 Å². The zero-order valence-electron chi connectivity index (χ0n) is 21.5. The zero-order chi connectivity index (χ0) is 27.9. The molecular weight excluding hydrogens is 542 g/mol. The van der Waals surface area contributed by atoms with E-state index in [9.17, 15) is 22.4 Å². The monoisotopic (exact) mass is 574 g/mol. The highest BCUT2D eigenvalue weighted by atomic mass is 35.5. The van der Waals surface area contributed by atoms with Crippen molar-refractivity contribution >= 4 is 50.9 Å². The maximum Gasteiger partial charge on any atom is 0.304 e. The lowest BCUT2D eigenvalue weighted by Gasteiger charge is -2.34. The molecule has 0 fully saturated rings. The minimum absolute atomic E-state index is 0.0113. The number of rotatable bonds is 12. The van der Waals surface area contributed by atoms with Gasteiger partial charge in [-0.05, 0) is 54.3 Å². The van der Waals surface area contributed by atoms with Crippen LogP contribution in [-0.2, 0) is 26.3 Å². The minimum atomic E-state index is -4.14. The summed E-state index contributed by atoms with van der Waals surface area (Å²) in [5, 5.41) is 3.47. The molecule has 37 heavy (non-hydrogen) atoms. The van der Waals surface area contributed by atoms with Crippen LogP contribution >= 0.6 is 23.2 Å². The Hall–Kier alpha value is -2.40. The summed E-state index contributed by atoms with van der Waals surface area (Å²) in [5.74, 6) is -1.33. The summed E-state index contributed by atoms with van der Waals surface area (Å²) in [6.45, 7) is 5.47. The summed E-state index contributed by atoms with van der Waals surface area (Å²) in [4.78, 5) is 28.2. The third kappa shape index (κ3) is 8.29. The van der Waals surface area contributed by atoms with Crippen LogP contribution in [0.1, 0.15) is 32.8 Å². The van der Waals surface area contributed by atoms with Gasteiger partial charge in [0.25, 0.3) is 0 Å². The average Bonchev–Trinajstić information content (AvgIpc) is 2.83. The maximum atomic E-state index is 13.8. The molecular formula is C25H33Cl2FN4O4S. The number of carbonyl (C=O) groups is 2. The second kappa shape index (κ2) is 13.4. The quantitative estimate of drug-likeness (QED) is 0.408. The molecule has 2 amide bonds. The molecule has 1 atom stereocenters. The fraction of sp³-hybridized carbons (Fsp3) is 0.440. The molecule has 8 nitrogen and oxygen atoms in total. The van der Waals surface area contributed by atoms with Gasteiger partial charge in [0, 0.05) is 27.2 Å². The van der Waals surface area contributed by atoms with Crippen LogP contribution in [0.15, 0.2) is 42.5 Å². The van der Waals surface area contributed by atoms with Gasteiger partial charge in [-0.15, -0.1) is 0 Å². The molecule has 0 saturated carbocycles. The van der Waals surface area contributed by atoms with Crippen molar-refractivity contribution in [3.8, 4) is 0 Å². The topological polar surface area (TPSA) is 90.0 Å². The molecule has 0 radical (unpaired) electrons. The molecule has 0 spiro atoms. The standard InChI is InChI=1S/C25H33Cl2FN4O4S/c1-6-23(25(34)29-14-17(2)3)31(15-18-7-12-21(26)22(27)13-18)24(33)16-32(37(35,36)30(4)5)20-10-8-19(28)9-11-20/h7-13,17,23H,6,14-16H2,1-5H3,(H,29,34)/t23-/m1/s1. The molecule has 0 aliphatic rings. The average molecular weight is 576 g/mol. The Morgan fingerprint density at radius 1 is 1.03 bits per heavy atom. The van der Waals surface area contributed by atoms with E-state index in [1.165, 1.54) is 31.1 Å². The second-order valence-corrected chi connectivity index (χ2v) is 12.0. The van der Waals surface area contributed by atoms with Crippen molar-refractivity contribution in [3.63, 3.8) is 0 Å². The third-order valence-electron chi connectivity index (χ3n) is 5.54. The zero-order valence-corrected chi connectivity index (χ0v) is 23.9. The van der Waals surface area contributed by atoms with Crippen molar-refractivity contribution in [1.82, 2.24) is 14.5 Å². The van der Waals surface area contributed by atoms with Gasteiger partial charge in [-0.25, -0.2) is 8.70 Å². The van der Waals surface area contributed by atoms with Crippen LogP contribution in [0, 0.1) is 11.7 Å². The van der Waals surface area contributed by atoms with Gasteiger partial charge in [0.05, 0.1) is 15.7 Å². The van der Waals surface area contributed by atoms with Gasteiger partial charge in [0.1, 0.15) is 18.4 Å². The van der Waals surface area contributed by atoms with Crippen LogP contribution in [0.2, 0.25) is 10.0 Å². The van der Waals surface area contributed by atoms with Crippen LogP contribution in [-0.4, -0.2) is 62.7 Å². The van der Waals surface area contributed by atoms with E-state index in [1.54, 1.807) is 25.1 Å². The van der Waals surface area contributed by atoms with Gasteiger partial charge in [0.2, 0.25) is 11.8 Å². The van der Waals surface area contributed by atoms with Crippen molar-refractivity contribution in [1.29, 1.82) is 0 Å². The molecule has 2 rings (SSSR count). The van der Waals surface area contributed by atoms with E-state index in [1.807, 2.05) is 13.8 Å². The SMILES string of the molecule is CC[C@H](C(=O)NCC(C)C)N(Cc1ccc(Cl)c(Cl)c1)C(=O)CN(c1ccc(F)cc1)S(=O)(=O)N(C)C. The molecule has 12 heteroatoms. The van der Waals surface area contributed by atoms with Gasteiger partial charge < -0.3 is 10.2 Å². The highest BCUT2D eigenvalue weighted by Gasteiger charge is 2.33. The van der Waals surface area contributed by atoms with Crippen LogP contribution in [0.3, 0.4) is 0 Å². The molecule has 0 aromatic heterocycles. The number of nitrogens with zero attached hydrogens (tertiary/aromatic N) is 3. The first-order valence-corrected chi connectivity index (χ1v) is 13.9. The molecule has 0 aliphatic carbocycles. The predicted octanol–water partition coefficient (Wildman–Crippen LogP) is 4.32. The summed E-state index contributed by atoms with van der Waals surface area (Å²) in [6.07, 6.45) is 0.286. The Bertz CT molecular complexity index is 1190. The number of amides is 2. The van der Waals surface area contributed by atoms with E-state index in [2.05, 4.69) is 5.32 Å². The Balaban J connectivity index is 2.50.